The summed E-state index contributed by atoms with van der Waals surface area (Å²) >= 11 is 0. The number of methoxy groups -OCH3 is 4. The van der Waals surface area contributed by atoms with Gasteiger partial charge in [0.2, 0.25) is 0 Å². The van der Waals surface area contributed by atoms with Crippen LogP contribution < -0.4 is 0 Å². The van der Waals surface area contributed by atoms with E-state index in [1.165, 1.54) is 28.4 Å². The second kappa shape index (κ2) is 6.54. The number of carbonyl (C=O) groups excluding carboxylic acids is 4. The van der Waals surface area contributed by atoms with E-state index in [1.54, 1.807) is 0 Å². The summed E-state index contributed by atoms with van der Waals surface area (Å²) < 4.78 is 20.1. The van der Waals surface area contributed by atoms with Gasteiger partial charge in [-0.15, -0.1) is 0 Å². The molecule has 2 fully saturated rings. The summed E-state index contributed by atoms with van der Waals surface area (Å²) in [6.07, 6.45) is 0. The number of rotatable bonds is 4. The van der Waals surface area contributed by atoms with Gasteiger partial charge in [-0.3, -0.25) is 19.2 Å². The van der Waals surface area contributed by atoms with Crippen molar-refractivity contribution in [3.05, 3.63) is 47.5 Å². The van der Waals surface area contributed by atoms with Gasteiger partial charge in [0.1, 0.15) is 0 Å². The van der Waals surface area contributed by atoms with E-state index in [0.717, 1.165) is 21.9 Å². The molecule has 0 bridgehead atoms. The highest BCUT2D eigenvalue weighted by Gasteiger charge is 2.92. The standard InChI is InChI=1S/C24H22O8/c1-29-19(25)23(20(26)30-2)15-13-9-11-7-5-6-8-12(11)10-14(13)16-18(17(15)23)24(16,21(27)31-3)22(28)32-4/h5-10,15-18H,1-4H3/t15-,16-,17-,18-/m1/s1. The molecule has 0 heterocycles. The Labute approximate surface area is 183 Å². The lowest BCUT2D eigenvalue weighted by atomic mass is 9.88. The number of esters is 4. The fourth-order valence-corrected chi connectivity index (χ4v) is 6.40. The molecule has 32 heavy (non-hydrogen) atoms. The molecule has 0 unspecified atom stereocenters. The Kier molecular flexibility index (Phi) is 4.19. The minimum atomic E-state index is -1.64. The quantitative estimate of drug-likeness (QED) is 0.405. The first kappa shape index (κ1) is 20.5. The highest BCUT2D eigenvalue weighted by atomic mass is 16.6. The smallest absolute Gasteiger partial charge is 0.324 e. The van der Waals surface area contributed by atoms with Crippen LogP contribution in [-0.4, -0.2) is 52.3 Å². The van der Waals surface area contributed by atoms with Crippen LogP contribution >= 0.6 is 0 Å². The van der Waals surface area contributed by atoms with Gasteiger partial charge in [0, 0.05) is 23.7 Å². The molecule has 5 rings (SSSR count). The van der Waals surface area contributed by atoms with E-state index < -0.39 is 58.4 Å². The van der Waals surface area contributed by atoms with Crippen LogP contribution in [0.2, 0.25) is 0 Å². The number of hydrogen-bond donors (Lipinski definition) is 0. The van der Waals surface area contributed by atoms with Crippen molar-refractivity contribution in [2.75, 3.05) is 28.4 Å². The molecule has 8 heteroatoms. The van der Waals surface area contributed by atoms with Crippen molar-refractivity contribution >= 4 is 34.6 Å². The van der Waals surface area contributed by atoms with Gasteiger partial charge in [0.25, 0.3) is 0 Å². The van der Waals surface area contributed by atoms with Crippen LogP contribution in [0, 0.1) is 22.7 Å². The van der Waals surface area contributed by atoms with E-state index in [-0.39, 0.29) is 0 Å². The molecule has 0 radical (unpaired) electrons. The van der Waals surface area contributed by atoms with E-state index in [0.29, 0.717) is 0 Å². The second-order valence-corrected chi connectivity index (χ2v) is 8.54. The molecule has 0 aliphatic heterocycles. The molecule has 4 atom stereocenters. The minimum Gasteiger partial charge on any atom is -0.468 e. The van der Waals surface area contributed by atoms with Crippen molar-refractivity contribution in [1.82, 2.24) is 0 Å². The normalized spacial score (nSPS) is 27.1. The zero-order chi connectivity index (χ0) is 23.0. The molecule has 2 aromatic rings. The third-order valence-corrected chi connectivity index (χ3v) is 7.63. The molecule has 8 nitrogen and oxygen atoms in total. The van der Waals surface area contributed by atoms with E-state index in [9.17, 15) is 19.2 Å². The molecule has 3 aliphatic rings. The monoisotopic (exact) mass is 438 g/mol. The first-order valence-corrected chi connectivity index (χ1v) is 10.2. The topological polar surface area (TPSA) is 105 Å². The fourth-order valence-electron chi connectivity index (χ4n) is 6.40. The van der Waals surface area contributed by atoms with Crippen molar-refractivity contribution in [2.24, 2.45) is 22.7 Å². The third kappa shape index (κ3) is 2.07. The average molecular weight is 438 g/mol. The summed E-state index contributed by atoms with van der Waals surface area (Å²) in [5, 5.41) is 1.84. The first-order chi connectivity index (χ1) is 15.4. The average Bonchev–Trinajstić information content (AvgIpc) is 3.71. The highest BCUT2D eigenvalue weighted by Crippen LogP contribution is 2.86. The maximum absolute atomic E-state index is 13.0. The summed E-state index contributed by atoms with van der Waals surface area (Å²) in [4.78, 5) is 52.1. The molecule has 166 valence electrons. The summed E-state index contributed by atoms with van der Waals surface area (Å²) in [6, 6.07) is 11.5. The molecule has 3 aliphatic carbocycles. The van der Waals surface area contributed by atoms with Crippen molar-refractivity contribution in [3.63, 3.8) is 0 Å². The summed E-state index contributed by atoms with van der Waals surface area (Å²) in [5.74, 6) is -5.44. The van der Waals surface area contributed by atoms with Crippen molar-refractivity contribution in [3.8, 4) is 0 Å². The molecule has 0 N–H and O–H groups in total. The molecule has 0 spiro atoms. The fraction of sp³-hybridized carbons (Fsp3) is 0.417. The van der Waals surface area contributed by atoms with Gasteiger partial charge < -0.3 is 18.9 Å². The van der Waals surface area contributed by atoms with Crippen LogP contribution in [-0.2, 0) is 38.1 Å². The van der Waals surface area contributed by atoms with Crippen LogP contribution in [0.3, 0.4) is 0 Å². The SMILES string of the molecule is COC(=O)C1(C(=O)OC)[C@H]2[C@H]3[C@@H](c4cc5ccccc5cc4[C@H]21)C3(C(=O)OC)C(=O)OC. The van der Waals surface area contributed by atoms with Gasteiger partial charge >= 0.3 is 23.9 Å². The Bertz CT molecular complexity index is 1070. The van der Waals surface area contributed by atoms with E-state index in [1.807, 2.05) is 36.4 Å². The van der Waals surface area contributed by atoms with Crippen molar-refractivity contribution in [2.45, 2.75) is 11.8 Å². The van der Waals surface area contributed by atoms with E-state index in [2.05, 4.69) is 0 Å². The largest absolute Gasteiger partial charge is 0.468 e. The molecule has 0 saturated heterocycles. The van der Waals surface area contributed by atoms with Gasteiger partial charge in [0.05, 0.1) is 28.4 Å². The Morgan fingerprint density at radius 1 is 0.625 bits per heavy atom. The molecule has 2 aromatic carbocycles. The maximum atomic E-state index is 13.0. The number of hydrogen-bond acceptors (Lipinski definition) is 8. The lowest BCUT2D eigenvalue weighted by Gasteiger charge is -2.18. The highest BCUT2D eigenvalue weighted by molar-refractivity contribution is 6.11. The first-order valence-electron chi connectivity index (χ1n) is 10.2. The second-order valence-electron chi connectivity index (χ2n) is 8.54. The Hall–Kier alpha value is -3.42. The number of fused-ring (bicyclic) bond motifs is 7. The van der Waals surface area contributed by atoms with Gasteiger partial charge in [0.15, 0.2) is 10.8 Å². The van der Waals surface area contributed by atoms with Crippen LogP contribution in [0.15, 0.2) is 36.4 Å². The Morgan fingerprint density at radius 3 is 1.22 bits per heavy atom. The van der Waals surface area contributed by atoms with Crippen molar-refractivity contribution in [1.29, 1.82) is 0 Å². The Balaban J connectivity index is 1.81. The van der Waals surface area contributed by atoms with Gasteiger partial charge in [-0.25, -0.2) is 0 Å². The lowest BCUT2D eigenvalue weighted by molar-refractivity contribution is -0.166. The molecular weight excluding hydrogens is 416 g/mol. The predicted molar refractivity (Wildman–Crippen MR) is 109 cm³/mol. The van der Waals surface area contributed by atoms with Crippen LogP contribution in [0.4, 0.5) is 0 Å². The van der Waals surface area contributed by atoms with Crippen LogP contribution in [0.5, 0.6) is 0 Å². The molecule has 2 saturated carbocycles. The molecular formula is C24H22O8. The maximum Gasteiger partial charge on any atom is 0.324 e. The van der Waals surface area contributed by atoms with E-state index >= 15 is 0 Å². The van der Waals surface area contributed by atoms with Gasteiger partial charge in [-0.2, -0.15) is 0 Å². The van der Waals surface area contributed by atoms with Gasteiger partial charge in [-0.05, 0) is 21.9 Å². The number of carbonyl (C=O) groups is 4. The number of ether oxygens (including phenoxy) is 4. The van der Waals surface area contributed by atoms with Gasteiger partial charge in [-0.1, -0.05) is 36.4 Å². The van der Waals surface area contributed by atoms with Crippen LogP contribution in [0.1, 0.15) is 23.0 Å². The zero-order valence-corrected chi connectivity index (χ0v) is 18.0. The predicted octanol–water partition coefficient (Wildman–Crippen LogP) is 1.94. The van der Waals surface area contributed by atoms with Crippen LogP contribution in [0.25, 0.3) is 10.8 Å². The lowest BCUT2D eigenvalue weighted by Crippen LogP contribution is -2.35. The third-order valence-electron chi connectivity index (χ3n) is 7.63. The Morgan fingerprint density at radius 2 is 0.938 bits per heavy atom. The summed E-state index contributed by atoms with van der Waals surface area (Å²) in [6.45, 7) is 0. The molecule has 0 amide bonds. The molecule has 0 aromatic heterocycles. The van der Waals surface area contributed by atoms with E-state index in [4.69, 9.17) is 18.9 Å². The van der Waals surface area contributed by atoms with Crippen molar-refractivity contribution < 1.29 is 38.1 Å². The summed E-state index contributed by atoms with van der Waals surface area (Å²) in [5.41, 5.74) is -1.80. The minimum absolute atomic E-state index is 0.584. The number of benzene rings is 2. The summed E-state index contributed by atoms with van der Waals surface area (Å²) in [7, 11) is 4.82. The zero-order valence-electron chi connectivity index (χ0n) is 18.0.